The fourth-order valence-corrected chi connectivity index (χ4v) is 2.38. The summed E-state index contributed by atoms with van der Waals surface area (Å²) in [5.74, 6) is 0. The molecule has 1 heterocycles. The lowest BCUT2D eigenvalue weighted by molar-refractivity contribution is 0.115. The van der Waals surface area contributed by atoms with E-state index >= 15 is 0 Å². The number of alkyl halides is 1. The van der Waals surface area contributed by atoms with Crippen molar-refractivity contribution in [1.29, 1.82) is 0 Å². The summed E-state index contributed by atoms with van der Waals surface area (Å²) in [4.78, 5) is 2.60. The van der Waals surface area contributed by atoms with E-state index in [1.165, 1.54) is 36.8 Å². The van der Waals surface area contributed by atoms with Gasteiger partial charge >= 0.3 is 0 Å². The van der Waals surface area contributed by atoms with E-state index in [2.05, 4.69) is 27.5 Å². The minimum Gasteiger partial charge on any atom is -0.379 e. The van der Waals surface area contributed by atoms with Gasteiger partial charge in [0.05, 0.1) is 13.2 Å². The molecule has 1 aliphatic heterocycles. The first-order chi connectivity index (χ1) is 6.35. The lowest BCUT2D eigenvalue weighted by Gasteiger charge is -2.22. The van der Waals surface area contributed by atoms with E-state index in [4.69, 9.17) is 4.74 Å². The van der Waals surface area contributed by atoms with Crippen LogP contribution in [0.1, 0.15) is 19.3 Å². The average Bonchev–Trinajstić information content (AvgIpc) is 2.92. The highest BCUT2D eigenvalue weighted by Gasteiger charge is 2.44. The summed E-state index contributed by atoms with van der Waals surface area (Å²) in [6, 6.07) is 0. The van der Waals surface area contributed by atoms with Crippen LogP contribution >= 0.6 is 22.6 Å². The first kappa shape index (κ1) is 10.2. The van der Waals surface area contributed by atoms with Crippen LogP contribution in [-0.4, -0.2) is 42.2 Å². The first-order valence-electron chi connectivity index (χ1n) is 5.21. The second-order valence-corrected chi connectivity index (χ2v) is 5.45. The monoisotopic (exact) mass is 295 g/mol. The van der Waals surface area contributed by atoms with Gasteiger partial charge in [-0.25, -0.2) is 0 Å². The van der Waals surface area contributed by atoms with E-state index in [0.29, 0.717) is 5.41 Å². The Morgan fingerprint density at radius 3 is 2.92 bits per heavy atom. The van der Waals surface area contributed by atoms with E-state index in [0.717, 1.165) is 19.8 Å². The maximum Gasteiger partial charge on any atom is 0.0593 e. The molecule has 1 aliphatic carbocycles. The van der Waals surface area contributed by atoms with Crippen LogP contribution in [0.25, 0.3) is 0 Å². The molecule has 0 amide bonds. The van der Waals surface area contributed by atoms with Gasteiger partial charge in [-0.05, 0) is 25.8 Å². The minimum atomic E-state index is 0.585. The maximum absolute atomic E-state index is 5.64. The van der Waals surface area contributed by atoms with Gasteiger partial charge in [0, 0.05) is 22.9 Å². The Balaban J connectivity index is 1.81. The average molecular weight is 295 g/mol. The summed E-state index contributed by atoms with van der Waals surface area (Å²) in [5.41, 5.74) is 0.585. The Kier molecular flexibility index (Phi) is 3.48. The molecule has 0 atom stereocenters. The van der Waals surface area contributed by atoms with Crippen molar-refractivity contribution >= 4 is 22.6 Å². The van der Waals surface area contributed by atoms with Crippen LogP contribution in [0, 0.1) is 5.41 Å². The van der Waals surface area contributed by atoms with Crippen LogP contribution in [0.15, 0.2) is 0 Å². The Morgan fingerprint density at radius 1 is 1.38 bits per heavy atom. The van der Waals surface area contributed by atoms with Gasteiger partial charge in [-0.3, -0.25) is 0 Å². The van der Waals surface area contributed by atoms with Gasteiger partial charge in [0.2, 0.25) is 0 Å². The summed E-state index contributed by atoms with van der Waals surface area (Å²) in [7, 11) is 0. The maximum atomic E-state index is 5.64. The third-order valence-corrected chi connectivity index (χ3v) is 3.85. The lowest BCUT2D eigenvalue weighted by atomic mass is 10.1. The van der Waals surface area contributed by atoms with Crippen molar-refractivity contribution in [1.82, 2.24) is 4.90 Å². The minimum absolute atomic E-state index is 0.585. The zero-order valence-electron chi connectivity index (χ0n) is 8.10. The van der Waals surface area contributed by atoms with E-state index < -0.39 is 0 Å². The number of halogens is 1. The predicted octanol–water partition coefficient (Wildman–Crippen LogP) is 1.92. The van der Waals surface area contributed by atoms with Gasteiger partial charge in [0.15, 0.2) is 0 Å². The quantitative estimate of drug-likeness (QED) is 0.583. The summed E-state index contributed by atoms with van der Waals surface area (Å²) >= 11 is 2.46. The molecule has 0 aromatic rings. The van der Waals surface area contributed by atoms with Crippen LogP contribution in [0.2, 0.25) is 0 Å². The van der Waals surface area contributed by atoms with Crippen molar-refractivity contribution < 1.29 is 4.74 Å². The molecule has 13 heavy (non-hydrogen) atoms. The van der Waals surface area contributed by atoms with Crippen LogP contribution < -0.4 is 0 Å². The number of hydrogen-bond acceptors (Lipinski definition) is 2. The molecule has 1 saturated carbocycles. The molecule has 1 spiro atoms. The Hall–Kier alpha value is 0.650. The highest BCUT2D eigenvalue weighted by molar-refractivity contribution is 14.1. The van der Waals surface area contributed by atoms with Crippen molar-refractivity contribution in [2.45, 2.75) is 19.3 Å². The summed E-state index contributed by atoms with van der Waals surface area (Å²) in [5, 5.41) is 0. The van der Waals surface area contributed by atoms with Gasteiger partial charge in [0.1, 0.15) is 0 Å². The Morgan fingerprint density at radius 2 is 2.23 bits per heavy atom. The molecule has 2 aliphatic rings. The number of nitrogens with zero attached hydrogens (tertiary/aromatic N) is 1. The van der Waals surface area contributed by atoms with Crippen molar-refractivity contribution in [3.8, 4) is 0 Å². The topological polar surface area (TPSA) is 12.5 Å². The molecule has 0 bridgehead atoms. The lowest BCUT2D eigenvalue weighted by Crippen LogP contribution is -2.31. The molecule has 76 valence electrons. The number of hydrogen-bond donors (Lipinski definition) is 0. The molecule has 0 unspecified atom stereocenters. The number of ether oxygens (including phenoxy) is 1. The second kappa shape index (κ2) is 4.45. The smallest absolute Gasteiger partial charge is 0.0593 e. The van der Waals surface area contributed by atoms with Crippen molar-refractivity contribution in [2.75, 3.05) is 37.3 Å². The second-order valence-electron chi connectivity index (χ2n) is 4.37. The van der Waals surface area contributed by atoms with E-state index in [1.807, 2.05) is 0 Å². The third kappa shape index (κ3) is 2.80. The van der Waals surface area contributed by atoms with Gasteiger partial charge < -0.3 is 9.64 Å². The SMILES string of the molecule is ICCCN1CCOCC2(CC2)C1. The van der Waals surface area contributed by atoms with Gasteiger partial charge in [-0.15, -0.1) is 0 Å². The molecule has 0 N–H and O–H groups in total. The fourth-order valence-electron chi connectivity index (χ4n) is 2.03. The molecular weight excluding hydrogens is 277 g/mol. The summed E-state index contributed by atoms with van der Waals surface area (Å²) < 4.78 is 6.92. The molecule has 2 rings (SSSR count). The standard InChI is InChI=1S/C10H18INO/c11-4-1-5-12-6-7-13-9-10(8-12)2-3-10/h1-9H2. The zero-order chi connectivity index (χ0) is 9.15. The highest BCUT2D eigenvalue weighted by atomic mass is 127. The third-order valence-electron chi connectivity index (χ3n) is 3.08. The van der Waals surface area contributed by atoms with Crippen molar-refractivity contribution in [3.63, 3.8) is 0 Å². The first-order valence-corrected chi connectivity index (χ1v) is 6.73. The summed E-state index contributed by atoms with van der Waals surface area (Å²) in [6.45, 7) is 5.69. The van der Waals surface area contributed by atoms with E-state index in [1.54, 1.807) is 0 Å². The molecule has 0 radical (unpaired) electrons. The highest BCUT2D eigenvalue weighted by Crippen LogP contribution is 2.47. The largest absolute Gasteiger partial charge is 0.379 e. The van der Waals surface area contributed by atoms with E-state index in [9.17, 15) is 0 Å². The molecule has 0 aromatic heterocycles. The molecule has 1 saturated heterocycles. The van der Waals surface area contributed by atoms with Gasteiger partial charge in [-0.1, -0.05) is 22.6 Å². The Labute approximate surface area is 94.1 Å². The van der Waals surface area contributed by atoms with Crippen molar-refractivity contribution in [3.05, 3.63) is 0 Å². The molecule has 2 nitrogen and oxygen atoms in total. The summed E-state index contributed by atoms with van der Waals surface area (Å²) in [6.07, 6.45) is 4.12. The number of rotatable bonds is 3. The van der Waals surface area contributed by atoms with Crippen LogP contribution in [0.3, 0.4) is 0 Å². The van der Waals surface area contributed by atoms with Crippen LogP contribution in [0.5, 0.6) is 0 Å². The van der Waals surface area contributed by atoms with Crippen molar-refractivity contribution in [2.24, 2.45) is 5.41 Å². The van der Waals surface area contributed by atoms with Crippen LogP contribution in [0.4, 0.5) is 0 Å². The molecule has 2 fully saturated rings. The molecule has 0 aromatic carbocycles. The molecular formula is C10H18INO. The zero-order valence-corrected chi connectivity index (χ0v) is 10.3. The van der Waals surface area contributed by atoms with Gasteiger partial charge in [0.25, 0.3) is 0 Å². The van der Waals surface area contributed by atoms with E-state index in [-0.39, 0.29) is 0 Å². The predicted molar refractivity (Wildman–Crippen MR) is 62.4 cm³/mol. The van der Waals surface area contributed by atoms with Gasteiger partial charge in [-0.2, -0.15) is 0 Å². The normalized spacial score (nSPS) is 27.5. The van der Waals surface area contributed by atoms with Crippen LogP contribution in [-0.2, 0) is 4.74 Å². The molecule has 3 heteroatoms. The fraction of sp³-hybridized carbons (Fsp3) is 1.00. The Bertz CT molecular complexity index is 170.